The average molecular weight is 292 g/mol. The van der Waals surface area contributed by atoms with Crippen LogP contribution in [0, 0.1) is 5.92 Å². The van der Waals surface area contributed by atoms with E-state index in [1.807, 2.05) is 0 Å². The van der Waals surface area contributed by atoms with Crippen LogP contribution < -0.4 is 5.32 Å². The van der Waals surface area contributed by atoms with Crippen LogP contribution in [0.4, 0.5) is 0 Å². The van der Waals surface area contributed by atoms with E-state index in [-0.39, 0.29) is 24.5 Å². The molecule has 0 aliphatic carbocycles. The summed E-state index contributed by atoms with van der Waals surface area (Å²) in [4.78, 5) is 23.4. The molecule has 2 aliphatic heterocycles. The fourth-order valence-electron chi connectivity index (χ4n) is 2.82. The van der Waals surface area contributed by atoms with Crippen molar-refractivity contribution in [3.05, 3.63) is 24.0 Å². The van der Waals surface area contributed by atoms with Gasteiger partial charge in [0.15, 0.2) is 0 Å². The summed E-state index contributed by atoms with van der Waals surface area (Å²) in [6.45, 7) is 1.49. The van der Waals surface area contributed by atoms with Crippen LogP contribution in [-0.4, -0.2) is 50.7 Å². The number of nitrogens with one attached hydrogen (secondary N) is 1. The third-order valence-corrected chi connectivity index (χ3v) is 3.94. The molecule has 3 rings (SSSR count). The van der Waals surface area contributed by atoms with E-state index in [2.05, 4.69) is 15.6 Å². The molecule has 4 atom stereocenters. The summed E-state index contributed by atoms with van der Waals surface area (Å²) < 4.78 is 7.41. The van der Waals surface area contributed by atoms with Gasteiger partial charge in [0.2, 0.25) is 5.91 Å². The molecular weight excluding hydrogens is 276 g/mol. The molecule has 2 N–H and O–H groups in total. The van der Waals surface area contributed by atoms with Crippen LogP contribution in [0.2, 0.25) is 0 Å². The van der Waals surface area contributed by atoms with Gasteiger partial charge < -0.3 is 9.84 Å². The minimum Gasteiger partial charge on any atom is -0.394 e. The monoisotopic (exact) mass is 292 g/mol. The molecule has 2 aliphatic rings. The summed E-state index contributed by atoms with van der Waals surface area (Å²) >= 11 is 0. The highest BCUT2D eigenvalue weighted by molar-refractivity contribution is 6.08. The van der Waals surface area contributed by atoms with Gasteiger partial charge in [0.25, 0.3) is 5.91 Å². The first-order valence-corrected chi connectivity index (χ1v) is 6.76. The zero-order valence-corrected chi connectivity index (χ0v) is 11.5. The summed E-state index contributed by atoms with van der Waals surface area (Å²) in [5.74, 6) is -1.28. The Balaban J connectivity index is 1.82. The van der Waals surface area contributed by atoms with Gasteiger partial charge in [-0.1, -0.05) is 11.3 Å². The van der Waals surface area contributed by atoms with E-state index in [0.717, 1.165) is 0 Å². The third kappa shape index (κ3) is 2.47. The fraction of sp³-hybridized carbons (Fsp3) is 0.538. The first kappa shape index (κ1) is 13.9. The maximum atomic E-state index is 12.0. The van der Waals surface area contributed by atoms with Gasteiger partial charge in [-0.25, -0.2) is 4.68 Å². The molecule has 0 bridgehead atoms. The Kier molecular flexibility index (Phi) is 3.56. The van der Waals surface area contributed by atoms with Crippen LogP contribution in [0.15, 0.2) is 24.0 Å². The van der Waals surface area contributed by atoms with E-state index in [0.29, 0.717) is 12.0 Å². The molecule has 1 aromatic rings. The molecule has 1 aromatic heterocycles. The second-order valence-electron chi connectivity index (χ2n) is 5.28. The number of carbonyl (C=O) groups excluding carboxylic acids is 2. The number of aliphatic hydroxyl groups excluding tert-OH is 1. The number of ether oxygens (including phenoxy) is 1. The van der Waals surface area contributed by atoms with E-state index in [1.165, 1.54) is 0 Å². The van der Waals surface area contributed by atoms with Crippen molar-refractivity contribution < 1.29 is 19.4 Å². The molecule has 8 nitrogen and oxygen atoms in total. The molecule has 3 heterocycles. The van der Waals surface area contributed by atoms with Gasteiger partial charge in [-0.05, 0) is 13.3 Å². The summed E-state index contributed by atoms with van der Waals surface area (Å²) in [7, 11) is 0. The number of nitrogens with zero attached hydrogens (tertiary/aromatic N) is 3. The van der Waals surface area contributed by atoms with Crippen molar-refractivity contribution in [3.63, 3.8) is 0 Å². The molecule has 21 heavy (non-hydrogen) atoms. The molecule has 0 radical (unpaired) electrons. The number of imide groups is 1. The third-order valence-electron chi connectivity index (χ3n) is 3.94. The Morgan fingerprint density at radius 1 is 1.52 bits per heavy atom. The van der Waals surface area contributed by atoms with E-state index < -0.39 is 18.1 Å². The molecule has 0 spiro atoms. The van der Waals surface area contributed by atoms with E-state index in [4.69, 9.17) is 4.74 Å². The van der Waals surface area contributed by atoms with Gasteiger partial charge in [-0.2, -0.15) is 0 Å². The van der Waals surface area contributed by atoms with Crippen molar-refractivity contribution in [1.82, 2.24) is 20.3 Å². The van der Waals surface area contributed by atoms with E-state index >= 15 is 0 Å². The van der Waals surface area contributed by atoms with E-state index in [9.17, 15) is 14.7 Å². The Morgan fingerprint density at radius 2 is 2.33 bits per heavy atom. The first-order valence-electron chi connectivity index (χ1n) is 6.76. The fourth-order valence-corrected chi connectivity index (χ4v) is 2.82. The van der Waals surface area contributed by atoms with Gasteiger partial charge in [0.1, 0.15) is 6.10 Å². The van der Waals surface area contributed by atoms with Crippen LogP contribution in [0.25, 0.3) is 0 Å². The molecular formula is C13H16N4O4. The topological polar surface area (TPSA) is 106 Å². The number of aliphatic hydroxyl groups is 1. The number of hydrogen-bond acceptors (Lipinski definition) is 6. The molecule has 0 saturated carbocycles. The first-order chi connectivity index (χ1) is 10.1. The highest BCUT2D eigenvalue weighted by Crippen LogP contribution is 2.35. The Labute approximate surface area is 120 Å². The predicted octanol–water partition coefficient (Wildman–Crippen LogP) is -0.812. The Hall–Kier alpha value is -2.06. The summed E-state index contributed by atoms with van der Waals surface area (Å²) in [5.41, 5.74) is 0.493. The minimum absolute atomic E-state index is 0.170. The lowest BCUT2D eigenvalue weighted by molar-refractivity contribution is -0.134. The lowest BCUT2D eigenvalue weighted by Crippen LogP contribution is -2.44. The maximum absolute atomic E-state index is 12.0. The number of rotatable bonds is 3. The number of hydrogen-bond donors (Lipinski definition) is 2. The summed E-state index contributed by atoms with van der Waals surface area (Å²) in [6.07, 6.45) is 4.55. The molecule has 1 fully saturated rings. The standard InChI is InChI=1S/C13H16N4O4/c1-7-4-8(13(20)15-12(7)19)10-5-9(11(6-18)21-10)17-3-2-14-16-17/h2-4,8-11,18H,5-6H2,1H3,(H,15,19,20)/t8?,9-,10+,11+/m0/s1. The molecule has 1 unspecified atom stereocenters. The maximum Gasteiger partial charge on any atom is 0.253 e. The van der Waals surface area contributed by atoms with Crippen molar-refractivity contribution >= 4 is 11.8 Å². The lowest BCUT2D eigenvalue weighted by Gasteiger charge is -2.23. The average Bonchev–Trinajstić information content (AvgIpc) is 3.10. The van der Waals surface area contributed by atoms with Gasteiger partial charge in [-0.3, -0.25) is 14.9 Å². The van der Waals surface area contributed by atoms with Gasteiger partial charge in [0, 0.05) is 11.8 Å². The highest BCUT2D eigenvalue weighted by Gasteiger charge is 2.43. The molecule has 1 saturated heterocycles. The highest BCUT2D eigenvalue weighted by atomic mass is 16.5. The number of carbonyl (C=O) groups is 2. The van der Waals surface area contributed by atoms with Crippen molar-refractivity contribution in [1.29, 1.82) is 0 Å². The van der Waals surface area contributed by atoms with Crippen LogP contribution >= 0.6 is 0 Å². The van der Waals surface area contributed by atoms with Crippen molar-refractivity contribution in [2.24, 2.45) is 5.92 Å². The largest absolute Gasteiger partial charge is 0.394 e. The van der Waals surface area contributed by atoms with Crippen molar-refractivity contribution in [2.45, 2.75) is 31.6 Å². The van der Waals surface area contributed by atoms with Crippen LogP contribution in [0.1, 0.15) is 19.4 Å². The zero-order chi connectivity index (χ0) is 15.0. The van der Waals surface area contributed by atoms with Gasteiger partial charge >= 0.3 is 0 Å². The molecule has 112 valence electrons. The Bertz CT molecular complexity index is 583. The number of aromatic nitrogens is 3. The molecule has 0 aromatic carbocycles. The van der Waals surface area contributed by atoms with Crippen LogP contribution in [0.5, 0.6) is 0 Å². The summed E-state index contributed by atoms with van der Waals surface area (Å²) in [6, 6.07) is -0.179. The van der Waals surface area contributed by atoms with E-state index in [1.54, 1.807) is 30.1 Å². The summed E-state index contributed by atoms with van der Waals surface area (Å²) in [5, 5.41) is 19.4. The second-order valence-corrected chi connectivity index (χ2v) is 5.28. The Morgan fingerprint density at radius 3 is 3.00 bits per heavy atom. The SMILES string of the molecule is CC1=CC([C@H]2C[C@H](n3ccnn3)[C@@H](CO)O2)C(=O)NC1=O. The quantitative estimate of drug-likeness (QED) is 0.706. The van der Waals surface area contributed by atoms with Crippen molar-refractivity contribution in [2.75, 3.05) is 6.61 Å². The zero-order valence-electron chi connectivity index (χ0n) is 11.5. The predicted molar refractivity (Wildman–Crippen MR) is 69.8 cm³/mol. The molecule has 8 heteroatoms. The van der Waals surface area contributed by atoms with Crippen LogP contribution in [-0.2, 0) is 14.3 Å². The second kappa shape index (κ2) is 5.38. The van der Waals surface area contributed by atoms with Crippen LogP contribution in [0.3, 0.4) is 0 Å². The van der Waals surface area contributed by atoms with Gasteiger partial charge in [0.05, 0.1) is 30.9 Å². The molecule has 2 amide bonds. The lowest BCUT2D eigenvalue weighted by atomic mass is 9.92. The normalized spacial score (nSPS) is 33.0. The smallest absolute Gasteiger partial charge is 0.253 e. The van der Waals surface area contributed by atoms with Gasteiger partial charge in [-0.15, -0.1) is 5.10 Å². The van der Waals surface area contributed by atoms with Crippen molar-refractivity contribution in [3.8, 4) is 0 Å². The number of amides is 2. The minimum atomic E-state index is -0.537.